The van der Waals surface area contributed by atoms with Crippen molar-refractivity contribution in [2.75, 3.05) is 29.9 Å². The van der Waals surface area contributed by atoms with Crippen LogP contribution in [0.4, 0.5) is 25.1 Å². The molecule has 0 saturated carbocycles. The van der Waals surface area contributed by atoms with E-state index >= 15 is 0 Å². The number of anilines is 2. The number of halogens is 3. The third-order valence-corrected chi connectivity index (χ3v) is 5.58. The summed E-state index contributed by atoms with van der Waals surface area (Å²) in [5.41, 5.74) is 0.962. The minimum absolute atomic E-state index is 0. The molecule has 4 heterocycles. The number of allylic oxidation sites excluding steroid dienone is 1. The number of amides is 2. The molecule has 2 aromatic heterocycles. The van der Waals surface area contributed by atoms with Crippen LogP contribution < -0.4 is 15.5 Å². The first-order valence-corrected chi connectivity index (χ1v) is 10.6. The van der Waals surface area contributed by atoms with E-state index in [1.165, 1.54) is 16.9 Å². The number of rotatable bonds is 3. The first-order chi connectivity index (χ1) is 16.0. The van der Waals surface area contributed by atoms with Crippen LogP contribution in [0.5, 0.6) is 0 Å². The summed E-state index contributed by atoms with van der Waals surface area (Å²) in [6, 6.07) is 4.95. The highest BCUT2D eigenvalue weighted by atomic mass is 35.5. The van der Waals surface area contributed by atoms with Crippen molar-refractivity contribution in [2.24, 2.45) is 4.99 Å². The van der Waals surface area contributed by atoms with Crippen LogP contribution in [0.1, 0.15) is 18.7 Å². The van der Waals surface area contributed by atoms with Crippen LogP contribution in [-0.2, 0) is 0 Å². The lowest BCUT2D eigenvalue weighted by molar-refractivity contribution is 0.192. The van der Waals surface area contributed by atoms with E-state index in [0.717, 1.165) is 24.7 Å². The van der Waals surface area contributed by atoms with E-state index in [2.05, 4.69) is 25.7 Å². The average Bonchev–Trinajstić information content (AvgIpc) is 3.22. The van der Waals surface area contributed by atoms with Gasteiger partial charge in [0, 0.05) is 49.9 Å². The second-order valence-electron chi connectivity index (χ2n) is 7.93. The minimum Gasteiger partial charge on any atom is -0.322 e. The number of carbonyl (C=O) groups is 1. The van der Waals surface area contributed by atoms with Crippen molar-refractivity contribution in [3.05, 3.63) is 66.1 Å². The summed E-state index contributed by atoms with van der Waals surface area (Å²) in [5, 5.41) is 10.4. The number of hydrogen-bond donors (Lipinski definition) is 2. The van der Waals surface area contributed by atoms with Gasteiger partial charge in [0.2, 0.25) is 0 Å². The molecule has 178 valence electrons. The highest BCUT2D eigenvalue weighted by Gasteiger charge is 2.26. The van der Waals surface area contributed by atoms with Crippen LogP contribution in [0.15, 0.2) is 53.9 Å². The van der Waals surface area contributed by atoms with Gasteiger partial charge in [-0.25, -0.2) is 23.1 Å². The van der Waals surface area contributed by atoms with Crippen LogP contribution in [0.2, 0.25) is 0 Å². The van der Waals surface area contributed by atoms with Crippen molar-refractivity contribution in [3.63, 3.8) is 0 Å². The van der Waals surface area contributed by atoms with Crippen molar-refractivity contribution < 1.29 is 13.6 Å². The molecule has 1 fully saturated rings. The molecule has 3 aromatic rings. The summed E-state index contributed by atoms with van der Waals surface area (Å²) < 4.78 is 29.8. The van der Waals surface area contributed by atoms with Gasteiger partial charge in [0.25, 0.3) is 0 Å². The number of urea groups is 1. The second-order valence-corrected chi connectivity index (χ2v) is 7.93. The standard InChI is InChI=1S/C22H22F2N8O.ClH/c1-14-13-30(10-7-25-14)22(33)28-18-12-27-32-9-5-19(29-21(18)32)31-8-2-6-26-20(31)16-11-15(23)3-4-17(16)24;/h2-6,8-9,11-12,14,20,25H,7,10,13H2,1H3,(H,28,33);1H/t14?,20-;/m1./s1. The van der Waals surface area contributed by atoms with Crippen molar-refractivity contribution in [3.8, 4) is 0 Å². The van der Waals surface area contributed by atoms with Crippen molar-refractivity contribution in [1.29, 1.82) is 0 Å². The van der Waals surface area contributed by atoms with Gasteiger partial charge in [0.15, 0.2) is 11.8 Å². The molecule has 1 saturated heterocycles. The van der Waals surface area contributed by atoms with E-state index in [-0.39, 0.29) is 30.0 Å². The number of fused-ring (bicyclic) bond motifs is 1. The van der Waals surface area contributed by atoms with Gasteiger partial charge in [-0.2, -0.15) is 5.10 Å². The lowest BCUT2D eigenvalue weighted by Crippen LogP contribution is -2.52. The van der Waals surface area contributed by atoms with Crippen molar-refractivity contribution >= 4 is 41.8 Å². The van der Waals surface area contributed by atoms with Crippen LogP contribution in [0, 0.1) is 11.6 Å². The number of hydrogen-bond acceptors (Lipinski definition) is 6. The van der Waals surface area contributed by atoms with Crippen LogP contribution in [0.25, 0.3) is 5.65 Å². The lowest BCUT2D eigenvalue weighted by Gasteiger charge is -2.31. The molecular formula is C22H23ClF2N8O. The topological polar surface area (TPSA) is 90.2 Å². The van der Waals surface area contributed by atoms with E-state index in [1.807, 2.05) is 6.92 Å². The number of nitrogens with zero attached hydrogens (tertiary/aromatic N) is 6. The van der Waals surface area contributed by atoms with Gasteiger partial charge in [-0.05, 0) is 37.3 Å². The molecule has 0 spiro atoms. The molecule has 1 aromatic carbocycles. The Bertz CT molecular complexity index is 1260. The van der Waals surface area contributed by atoms with Gasteiger partial charge in [-0.3, -0.25) is 4.99 Å². The molecule has 34 heavy (non-hydrogen) atoms. The number of carbonyl (C=O) groups excluding carboxylic acids is 1. The van der Waals surface area contributed by atoms with E-state index < -0.39 is 17.8 Å². The van der Waals surface area contributed by atoms with Crippen LogP contribution >= 0.6 is 12.4 Å². The Hall–Kier alpha value is -3.57. The molecule has 0 bridgehead atoms. The Morgan fingerprint density at radius 3 is 2.94 bits per heavy atom. The first kappa shape index (κ1) is 23.6. The fraction of sp³-hybridized carbons (Fsp3) is 0.273. The molecule has 2 N–H and O–H groups in total. The maximum Gasteiger partial charge on any atom is 0.322 e. The molecular weight excluding hydrogens is 466 g/mol. The number of aliphatic imine (C=N–C) groups is 1. The normalized spacial score (nSPS) is 19.9. The molecule has 12 heteroatoms. The Labute approximate surface area is 200 Å². The molecule has 9 nitrogen and oxygen atoms in total. The molecule has 2 aliphatic rings. The van der Waals surface area contributed by atoms with Gasteiger partial charge < -0.3 is 20.4 Å². The minimum atomic E-state index is -0.830. The predicted octanol–water partition coefficient (Wildman–Crippen LogP) is 3.36. The number of aromatic nitrogens is 3. The molecule has 0 aliphatic carbocycles. The maximum atomic E-state index is 14.5. The average molecular weight is 489 g/mol. The highest BCUT2D eigenvalue weighted by molar-refractivity contribution is 5.93. The summed E-state index contributed by atoms with van der Waals surface area (Å²) in [6.07, 6.45) is 7.30. The van der Waals surface area contributed by atoms with Gasteiger partial charge in [-0.1, -0.05) is 0 Å². The third kappa shape index (κ3) is 4.57. The van der Waals surface area contributed by atoms with E-state index in [1.54, 1.807) is 34.3 Å². The quantitative estimate of drug-likeness (QED) is 0.590. The summed E-state index contributed by atoms with van der Waals surface area (Å²) >= 11 is 0. The number of nitrogens with one attached hydrogen (secondary N) is 2. The second kappa shape index (κ2) is 9.74. The smallest absolute Gasteiger partial charge is 0.322 e. The summed E-state index contributed by atoms with van der Waals surface area (Å²) in [5.74, 6) is -0.680. The molecule has 5 rings (SSSR count). The fourth-order valence-electron chi connectivity index (χ4n) is 3.96. The monoisotopic (exact) mass is 488 g/mol. The first-order valence-electron chi connectivity index (χ1n) is 10.6. The Morgan fingerprint density at radius 1 is 1.26 bits per heavy atom. The Kier molecular flexibility index (Phi) is 6.75. The highest BCUT2D eigenvalue weighted by Crippen LogP contribution is 2.32. The molecule has 2 aliphatic heterocycles. The number of piperazine rings is 1. The molecule has 2 amide bonds. The van der Waals surface area contributed by atoms with E-state index in [0.29, 0.717) is 30.2 Å². The zero-order valence-electron chi connectivity index (χ0n) is 18.2. The Balaban J connectivity index is 0.00000274. The van der Waals surface area contributed by atoms with Crippen LogP contribution in [0.3, 0.4) is 0 Å². The summed E-state index contributed by atoms with van der Waals surface area (Å²) in [6.45, 7) is 3.95. The fourth-order valence-corrected chi connectivity index (χ4v) is 3.96. The van der Waals surface area contributed by atoms with Gasteiger partial charge in [0.1, 0.15) is 23.1 Å². The molecule has 0 radical (unpaired) electrons. The van der Waals surface area contributed by atoms with Gasteiger partial charge in [-0.15, -0.1) is 12.4 Å². The summed E-state index contributed by atoms with van der Waals surface area (Å²) in [7, 11) is 0. The van der Waals surface area contributed by atoms with Crippen LogP contribution in [-0.4, -0.2) is 57.4 Å². The SMILES string of the molecule is CC1CN(C(=O)Nc2cnn3ccc(N4C=CC=N[C@H]4c4cc(F)ccc4F)nc23)CCN1.Cl. The zero-order valence-corrected chi connectivity index (χ0v) is 19.0. The van der Waals surface area contributed by atoms with Gasteiger partial charge in [0.05, 0.1) is 6.20 Å². The van der Waals surface area contributed by atoms with Crippen molar-refractivity contribution in [1.82, 2.24) is 24.8 Å². The maximum absolute atomic E-state index is 14.5. The Morgan fingerprint density at radius 2 is 2.12 bits per heavy atom. The largest absolute Gasteiger partial charge is 0.322 e. The van der Waals surface area contributed by atoms with E-state index in [4.69, 9.17) is 0 Å². The lowest BCUT2D eigenvalue weighted by atomic mass is 10.1. The zero-order chi connectivity index (χ0) is 22.9. The predicted molar refractivity (Wildman–Crippen MR) is 128 cm³/mol. The summed E-state index contributed by atoms with van der Waals surface area (Å²) in [4.78, 5) is 25.1. The van der Waals surface area contributed by atoms with Crippen molar-refractivity contribution in [2.45, 2.75) is 19.1 Å². The molecule has 1 unspecified atom stereocenters. The third-order valence-electron chi connectivity index (χ3n) is 5.58. The van der Waals surface area contributed by atoms with Gasteiger partial charge >= 0.3 is 6.03 Å². The number of benzene rings is 1. The van der Waals surface area contributed by atoms with E-state index in [9.17, 15) is 13.6 Å². The molecule has 2 atom stereocenters.